The van der Waals surface area contributed by atoms with Gasteiger partial charge in [-0.3, -0.25) is 0 Å². The summed E-state index contributed by atoms with van der Waals surface area (Å²) in [5.74, 6) is 0.165. The van der Waals surface area contributed by atoms with Crippen LogP contribution in [0, 0.1) is 5.82 Å². The Kier molecular flexibility index (Phi) is 3.57. The van der Waals surface area contributed by atoms with E-state index in [1.54, 1.807) is 18.2 Å². The Morgan fingerprint density at radius 1 is 1.44 bits per heavy atom. The average Bonchev–Trinajstić information content (AvgIpc) is 2.84. The molecule has 6 heteroatoms. The molecule has 2 aromatic rings. The van der Waals surface area contributed by atoms with Gasteiger partial charge >= 0.3 is 6.03 Å². The van der Waals surface area contributed by atoms with Crippen molar-refractivity contribution in [2.75, 3.05) is 7.05 Å². The zero-order valence-corrected chi connectivity index (χ0v) is 9.74. The van der Waals surface area contributed by atoms with Gasteiger partial charge in [-0.25, -0.2) is 9.18 Å². The van der Waals surface area contributed by atoms with E-state index in [1.165, 1.54) is 19.2 Å². The minimum Gasteiger partial charge on any atom is -0.359 e. The van der Waals surface area contributed by atoms with Gasteiger partial charge in [-0.2, -0.15) is 0 Å². The number of carbonyl (C=O) groups excluding carboxylic acids is 1. The highest BCUT2D eigenvalue weighted by Gasteiger charge is 2.07. The average molecular weight is 249 g/mol. The summed E-state index contributed by atoms with van der Waals surface area (Å²) in [4.78, 5) is 11.0. The molecule has 0 aliphatic rings. The number of halogens is 1. The van der Waals surface area contributed by atoms with Crippen LogP contribution in [-0.2, 0) is 6.54 Å². The molecule has 0 bridgehead atoms. The molecule has 0 radical (unpaired) electrons. The number of amides is 2. The first-order valence-electron chi connectivity index (χ1n) is 5.36. The maximum absolute atomic E-state index is 13.0. The van der Waals surface area contributed by atoms with E-state index in [0.29, 0.717) is 17.0 Å². The van der Waals surface area contributed by atoms with Crippen LogP contribution in [0.2, 0.25) is 0 Å². The normalized spacial score (nSPS) is 10.1. The topological polar surface area (TPSA) is 67.2 Å². The zero-order valence-electron chi connectivity index (χ0n) is 9.74. The van der Waals surface area contributed by atoms with E-state index in [0.717, 1.165) is 0 Å². The van der Waals surface area contributed by atoms with E-state index >= 15 is 0 Å². The number of urea groups is 1. The molecule has 0 aliphatic heterocycles. The summed E-state index contributed by atoms with van der Waals surface area (Å²) in [7, 11) is 1.52. The van der Waals surface area contributed by atoms with Crippen LogP contribution in [0.3, 0.4) is 0 Å². The molecular weight excluding hydrogens is 237 g/mol. The van der Waals surface area contributed by atoms with Crippen LogP contribution in [-0.4, -0.2) is 18.2 Å². The molecule has 2 amide bonds. The molecule has 0 aliphatic carbocycles. The van der Waals surface area contributed by atoms with Gasteiger partial charge in [0.2, 0.25) is 0 Å². The van der Waals surface area contributed by atoms with E-state index in [-0.39, 0.29) is 18.4 Å². The number of nitrogens with zero attached hydrogens (tertiary/aromatic N) is 1. The molecule has 1 heterocycles. The molecule has 18 heavy (non-hydrogen) atoms. The van der Waals surface area contributed by atoms with Crippen LogP contribution in [0.5, 0.6) is 0 Å². The van der Waals surface area contributed by atoms with Crippen molar-refractivity contribution in [1.29, 1.82) is 0 Å². The van der Waals surface area contributed by atoms with Crippen molar-refractivity contribution in [3.05, 3.63) is 41.9 Å². The minimum atomic E-state index is -0.333. The maximum atomic E-state index is 13.0. The van der Waals surface area contributed by atoms with Crippen molar-refractivity contribution in [3.63, 3.8) is 0 Å². The molecule has 0 saturated heterocycles. The van der Waals surface area contributed by atoms with Crippen LogP contribution in [0.25, 0.3) is 11.3 Å². The fraction of sp³-hybridized carbons (Fsp3) is 0.167. The maximum Gasteiger partial charge on any atom is 0.314 e. The second-order valence-corrected chi connectivity index (χ2v) is 3.62. The van der Waals surface area contributed by atoms with E-state index in [4.69, 9.17) is 4.52 Å². The Morgan fingerprint density at radius 2 is 2.28 bits per heavy atom. The number of benzene rings is 1. The molecule has 0 spiro atoms. The summed E-state index contributed by atoms with van der Waals surface area (Å²) in [5.41, 5.74) is 1.16. The summed E-state index contributed by atoms with van der Waals surface area (Å²) < 4.78 is 18.1. The first-order valence-corrected chi connectivity index (χ1v) is 5.36. The molecule has 5 nitrogen and oxygen atoms in total. The van der Waals surface area contributed by atoms with Crippen LogP contribution in [0.1, 0.15) is 5.76 Å². The Hall–Kier alpha value is -2.37. The lowest BCUT2D eigenvalue weighted by Gasteiger charge is -1.99. The van der Waals surface area contributed by atoms with Gasteiger partial charge in [-0.05, 0) is 12.1 Å². The predicted molar refractivity (Wildman–Crippen MR) is 63.2 cm³/mol. The standard InChI is InChI=1S/C12H12FN3O2/c1-14-12(17)15-7-10-6-11(16-18-10)8-3-2-4-9(13)5-8/h2-6H,7H2,1H3,(H2,14,15,17). The van der Waals surface area contributed by atoms with Crippen molar-refractivity contribution < 1.29 is 13.7 Å². The van der Waals surface area contributed by atoms with E-state index in [2.05, 4.69) is 15.8 Å². The summed E-state index contributed by atoms with van der Waals surface area (Å²) in [6.07, 6.45) is 0. The van der Waals surface area contributed by atoms with Gasteiger partial charge in [0.25, 0.3) is 0 Å². The highest BCUT2D eigenvalue weighted by molar-refractivity contribution is 5.73. The molecule has 1 aromatic carbocycles. The Labute approximate surface area is 103 Å². The first kappa shape index (κ1) is 12.1. The third-order valence-corrected chi connectivity index (χ3v) is 2.33. The zero-order chi connectivity index (χ0) is 13.0. The van der Waals surface area contributed by atoms with Gasteiger partial charge in [0, 0.05) is 18.7 Å². The fourth-order valence-corrected chi connectivity index (χ4v) is 1.44. The van der Waals surface area contributed by atoms with E-state index in [1.807, 2.05) is 0 Å². The van der Waals surface area contributed by atoms with Gasteiger partial charge in [-0.15, -0.1) is 0 Å². The smallest absolute Gasteiger partial charge is 0.314 e. The molecule has 0 saturated carbocycles. The highest BCUT2D eigenvalue weighted by atomic mass is 19.1. The highest BCUT2D eigenvalue weighted by Crippen LogP contribution is 2.19. The largest absolute Gasteiger partial charge is 0.359 e. The predicted octanol–water partition coefficient (Wildman–Crippen LogP) is 1.91. The monoisotopic (exact) mass is 249 g/mol. The second kappa shape index (κ2) is 5.31. The minimum absolute atomic E-state index is 0.224. The van der Waals surface area contributed by atoms with Crippen molar-refractivity contribution in [2.24, 2.45) is 0 Å². The molecular formula is C12H12FN3O2. The van der Waals surface area contributed by atoms with E-state index < -0.39 is 0 Å². The molecule has 2 N–H and O–H groups in total. The quantitative estimate of drug-likeness (QED) is 0.873. The van der Waals surface area contributed by atoms with Gasteiger partial charge < -0.3 is 15.2 Å². The third kappa shape index (κ3) is 2.85. The van der Waals surface area contributed by atoms with Gasteiger partial charge in [0.05, 0.1) is 6.54 Å². The lowest BCUT2D eigenvalue weighted by molar-refractivity contribution is 0.241. The summed E-state index contributed by atoms with van der Waals surface area (Å²) in [6, 6.07) is 7.41. The number of carbonyl (C=O) groups is 1. The number of hydrogen-bond donors (Lipinski definition) is 2. The van der Waals surface area contributed by atoms with Crippen molar-refractivity contribution in [3.8, 4) is 11.3 Å². The second-order valence-electron chi connectivity index (χ2n) is 3.62. The van der Waals surface area contributed by atoms with Crippen LogP contribution in [0.15, 0.2) is 34.9 Å². The Balaban J connectivity index is 2.08. The van der Waals surface area contributed by atoms with Crippen LogP contribution in [0.4, 0.5) is 9.18 Å². The van der Waals surface area contributed by atoms with E-state index in [9.17, 15) is 9.18 Å². The van der Waals surface area contributed by atoms with Gasteiger partial charge in [0.15, 0.2) is 5.76 Å². The number of aromatic nitrogens is 1. The molecule has 0 atom stereocenters. The van der Waals surface area contributed by atoms with Crippen molar-refractivity contribution in [2.45, 2.75) is 6.54 Å². The molecule has 94 valence electrons. The van der Waals surface area contributed by atoms with Crippen LogP contribution >= 0.6 is 0 Å². The van der Waals surface area contributed by atoms with Crippen LogP contribution < -0.4 is 10.6 Å². The third-order valence-electron chi connectivity index (χ3n) is 2.33. The number of hydrogen-bond acceptors (Lipinski definition) is 3. The molecule has 0 unspecified atom stereocenters. The molecule has 0 fully saturated rings. The number of nitrogens with one attached hydrogen (secondary N) is 2. The summed E-state index contributed by atoms with van der Waals surface area (Å²) >= 11 is 0. The summed E-state index contributed by atoms with van der Waals surface area (Å²) in [5, 5.41) is 8.80. The lowest BCUT2D eigenvalue weighted by atomic mass is 10.1. The first-order chi connectivity index (χ1) is 8.69. The summed E-state index contributed by atoms with van der Waals surface area (Å²) in [6.45, 7) is 0.224. The Bertz CT molecular complexity index is 554. The molecule has 1 aromatic heterocycles. The lowest BCUT2D eigenvalue weighted by Crippen LogP contribution is -2.31. The SMILES string of the molecule is CNC(=O)NCc1cc(-c2cccc(F)c2)no1. The number of rotatable bonds is 3. The fourth-order valence-electron chi connectivity index (χ4n) is 1.44. The van der Waals surface area contributed by atoms with Crippen molar-refractivity contribution in [1.82, 2.24) is 15.8 Å². The van der Waals surface area contributed by atoms with Gasteiger partial charge in [0.1, 0.15) is 11.5 Å². The van der Waals surface area contributed by atoms with Gasteiger partial charge in [-0.1, -0.05) is 17.3 Å². The Morgan fingerprint density at radius 3 is 3.00 bits per heavy atom. The molecule has 2 rings (SSSR count). The van der Waals surface area contributed by atoms with Crippen molar-refractivity contribution >= 4 is 6.03 Å².